The molecule has 0 saturated carbocycles. The zero-order valence-electron chi connectivity index (χ0n) is 6.17. The van der Waals surface area contributed by atoms with Gasteiger partial charge in [-0.25, -0.2) is 0 Å². The minimum absolute atomic E-state index is 0.226. The number of thioether (sulfide) groups is 1. The number of tetrazole rings is 1. The number of nitrogens with one attached hydrogen (secondary N) is 2. The van der Waals surface area contributed by atoms with Gasteiger partial charge in [-0.15, -0.1) is 14.6 Å². The molecule has 2 heterocycles. The number of H-pyrrole nitrogens is 1. The van der Waals surface area contributed by atoms with Crippen molar-refractivity contribution in [3.8, 4) is 0 Å². The molecule has 1 atom stereocenters. The number of rotatable bonds is 2. The highest BCUT2D eigenvalue weighted by atomic mass is 32.2. The Morgan fingerprint density at radius 3 is 3.08 bits per heavy atom. The average molecular weight is 235 g/mol. The van der Waals surface area contributed by atoms with Crippen molar-refractivity contribution in [3.63, 3.8) is 0 Å². The first-order valence-electron chi connectivity index (χ1n) is 3.19. The van der Waals surface area contributed by atoms with Crippen LogP contribution >= 0.6 is 35.9 Å². The van der Waals surface area contributed by atoms with Crippen molar-refractivity contribution in [2.24, 2.45) is 5.73 Å². The Morgan fingerprint density at radius 2 is 2.54 bits per heavy atom. The van der Waals surface area contributed by atoms with E-state index in [1.807, 2.05) is 0 Å². The molecule has 0 radical (unpaired) electrons. The molecule has 13 heavy (non-hydrogen) atoms. The van der Waals surface area contributed by atoms with Crippen LogP contribution in [-0.2, 0) is 0 Å². The number of aromatic nitrogens is 4. The lowest BCUT2D eigenvalue weighted by Gasteiger charge is -2.14. The lowest BCUT2D eigenvalue weighted by atomic mass is 11.2. The zero-order chi connectivity index (χ0) is 9.26. The Hall–Kier alpha value is -0.420. The Bertz CT molecular complexity index is 298. The number of nitrogens with two attached hydrogens (primary N) is 1. The van der Waals surface area contributed by atoms with E-state index in [9.17, 15) is 0 Å². The van der Waals surface area contributed by atoms with Crippen molar-refractivity contribution >= 4 is 40.2 Å². The van der Waals surface area contributed by atoms with E-state index in [1.165, 1.54) is 23.7 Å². The van der Waals surface area contributed by atoms with Crippen LogP contribution in [0.3, 0.4) is 0 Å². The molecule has 1 aromatic rings. The molecule has 4 N–H and O–H groups in total. The summed E-state index contributed by atoms with van der Waals surface area (Å²) < 4.78 is 2.31. The largest absolute Gasteiger partial charge is 0.305 e. The van der Waals surface area contributed by atoms with Gasteiger partial charge in [-0.1, -0.05) is 24.0 Å². The molecular weight excluding hydrogens is 230 g/mol. The van der Waals surface area contributed by atoms with Crippen LogP contribution in [0.2, 0.25) is 0 Å². The van der Waals surface area contributed by atoms with E-state index < -0.39 is 0 Å². The van der Waals surface area contributed by atoms with Gasteiger partial charge in [0.2, 0.25) is 5.16 Å². The molecule has 0 spiro atoms. The first kappa shape index (κ1) is 9.15. The van der Waals surface area contributed by atoms with E-state index in [2.05, 4.69) is 26.0 Å². The summed E-state index contributed by atoms with van der Waals surface area (Å²) in [5.74, 6) is 0. The van der Waals surface area contributed by atoms with Gasteiger partial charge in [0.05, 0.1) is 0 Å². The second-order valence-corrected chi connectivity index (χ2v) is 4.75. The van der Waals surface area contributed by atoms with E-state index in [-0.39, 0.29) is 5.50 Å². The van der Waals surface area contributed by atoms with Crippen molar-refractivity contribution in [3.05, 3.63) is 0 Å². The van der Waals surface area contributed by atoms with Crippen LogP contribution < -0.4 is 11.2 Å². The lowest BCUT2D eigenvalue weighted by molar-refractivity contribution is 0.430. The summed E-state index contributed by atoms with van der Waals surface area (Å²) >= 11 is 7.53. The predicted molar refractivity (Wildman–Crippen MR) is 53.2 cm³/mol. The second-order valence-electron chi connectivity index (χ2n) is 2.02. The lowest BCUT2D eigenvalue weighted by Crippen LogP contribution is -2.36. The minimum Gasteiger partial charge on any atom is -0.305 e. The van der Waals surface area contributed by atoms with E-state index in [0.29, 0.717) is 9.48 Å². The maximum atomic E-state index is 5.72. The van der Waals surface area contributed by atoms with Crippen molar-refractivity contribution in [2.45, 2.75) is 10.7 Å². The van der Waals surface area contributed by atoms with Gasteiger partial charge in [0.1, 0.15) is 5.50 Å². The van der Waals surface area contributed by atoms with Crippen molar-refractivity contribution in [2.75, 3.05) is 0 Å². The summed E-state index contributed by atoms with van der Waals surface area (Å²) in [6, 6.07) is 0. The second kappa shape index (κ2) is 3.75. The van der Waals surface area contributed by atoms with Crippen LogP contribution in [-0.4, -0.2) is 34.9 Å². The fraction of sp³-hybridized carbons (Fsp3) is 0.333. The predicted octanol–water partition coefficient (Wildman–Crippen LogP) is -0.713. The van der Waals surface area contributed by atoms with Crippen LogP contribution in [0.1, 0.15) is 0 Å². The third kappa shape index (κ3) is 2.08. The summed E-state index contributed by atoms with van der Waals surface area (Å²) in [5.41, 5.74) is 8.38. The van der Waals surface area contributed by atoms with Crippen molar-refractivity contribution in [1.29, 1.82) is 0 Å². The molecule has 1 aliphatic heterocycles. The summed E-state index contributed by atoms with van der Waals surface area (Å²) in [5, 5.41) is 13.8. The number of hydrazine groups is 1. The average Bonchev–Trinajstić information content (AvgIpc) is 2.63. The molecule has 1 fully saturated rings. The van der Waals surface area contributed by atoms with Crippen LogP contribution in [0, 0.1) is 0 Å². The molecule has 1 saturated heterocycles. The fourth-order valence-corrected chi connectivity index (χ4v) is 2.55. The highest BCUT2D eigenvalue weighted by Crippen LogP contribution is 2.27. The molecule has 0 aromatic carbocycles. The van der Waals surface area contributed by atoms with Crippen LogP contribution in [0.4, 0.5) is 0 Å². The van der Waals surface area contributed by atoms with E-state index in [1.54, 1.807) is 4.41 Å². The van der Waals surface area contributed by atoms with Gasteiger partial charge in [0.15, 0.2) is 4.32 Å². The molecule has 1 aliphatic rings. The van der Waals surface area contributed by atoms with Crippen molar-refractivity contribution in [1.82, 2.24) is 30.5 Å². The molecule has 7 nitrogen and oxygen atoms in total. The summed E-state index contributed by atoms with van der Waals surface area (Å²) in [4.78, 5) is 0. The van der Waals surface area contributed by atoms with Gasteiger partial charge in [0.25, 0.3) is 0 Å². The Balaban J connectivity index is 1.99. The maximum absolute atomic E-state index is 5.72. The van der Waals surface area contributed by atoms with E-state index in [0.717, 1.165) is 0 Å². The highest BCUT2D eigenvalue weighted by molar-refractivity contribution is 8.24. The molecule has 0 aliphatic carbocycles. The van der Waals surface area contributed by atoms with Crippen LogP contribution in [0.15, 0.2) is 5.16 Å². The molecule has 2 rings (SSSR count). The summed E-state index contributed by atoms with van der Waals surface area (Å²) in [6.07, 6.45) is 0. The Labute approximate surface area is 87.3 Å². The number of aromatic amines is 1. The minimum atomic E-state index is -0.226. The van der Waals surface area contributed by atoms with Gasteiger partial charge in [-0.2, -0.15) is 5.21 Å². The zero-order valence-corrected chi connectivity index (χ0v) is 8.62. The standard InChI is InChI=1S/C3H5N7S3/c4-1-10(7-3(11)12-1)13-2-5-8-9-6-2/h1H,4H2,(H,7,11)(H,5,6,8,9). The van der Waals surface area contributed by atoms with E-state index >= 15 is 0 Å². The molecule has 1 aromatic heterocycles. The fourth-order valence-electron chi connectivity index (χ4n) is 0.692. The molecular formula is C3H5N7S3. The molecule has 70 valence electrons. The Morgan fingerprint density at radius 1 is 1.69 bits per heavy atom. The van der Waals surface area contributed by atoms with E-state index in [4.69, 9.17) is 18.0 Å². The molecule has 0 amide bonds. The van der Waals surface area contributed by atoms with Crippen LogP contribution in [0.5, 0.6) is 0 Å². The first-order chi connectivity index (χ1) is 6.25. The normalized spacial score (nSPS) is 23.5. The van der Waals surface area contributed by atoms with Gasteiger partial charge in [-0.3, -0.25) is 5.43 Å². The van der Waals surface area contributed by atoms with Gasteiger partial charge < -0.3 is 5.73 Å². The van der Waals surface area contributed by atoms with Gasteiger partial charge in [-0.05, 0) is 5.21 Å². The quantitative estimate of drug-likeness (QED) is 0.453. The number of hydrogen-bond acceptors (Lipinski definition) is 8. The van der Waals surface area contributed by atoms with Crippen LogP contribution in [0.25, 0.3) is 0 Å². The molecule has 1 unspecified atom stereocenters. The monoisotopic (exact) mass is 235 g/mol. The topological polar surface area (TPSA) is 95.7 Å². The maximum Gasteiger partial charge on any atom is 0.247 e. The Kier molecular flexibility index (Phi) is 2.64. The van der Waals surface area contributed by atoms with Gasteiger partial charge in [0, 0.05) is 11.9 Å². The number of thiocarbonyl (C=S) groups is 1. The third-order valence-corrected chi connectivity index (χ3v) is 3.29. The molecule has 0 bridgehead atoms. The summed E-state index contributed by atoms with van der Waals surface area (Å²) in [6.45, 7) is 0. The smallest absolute Gasteiger partial charge is 0.247 e. The molecule has 10 heteroatoms. The number of nitrogens with zero attached hydrogens (tertiary/aromatic N) is 4. The highest BCUT2D eigenvalue weighted by Gasteiger charge is 2.27. The van der Waals surface area contributed by atoms with Gasteiger partial charge >= 0.3 is 0 Å². The third-order valence-electron chi connectivity index (χ3n) is 1.17. The van der Waals surface area contributed by atoms with Crippen molar-refractivity contribution < 1.29 is 0 Å². The summed E-state index contributed by atoms with van der Waals surface area (Å²) in [7, 11) is 0. The SMILES string of the molecule is NC1SC(=S)NN1Sc1nn[nH]n1. The number of hydrogen-bond donors (Lipinski definition) is 3. The first-order valence-corrected chi connectivity index (χ1v) is 5.25.